The molecule has 1 N–H and O–H groups in total. The lowest BCUT2D eigenvalue weighted by Crippen LogP contribution is -2.46. The molecule has 0 saturated carbocycles. The minimum absolute atomic E-state index is 0.211. The highest BCUT2D eigenvalue weighted by Gasteiger charge is 2.23. The Balaban J connectivity index is 1.30. The smallest absolute Gasteiger partial charge is 0.344 e. The average Bonchev–Trinajstić information content (AvgIpc) is 3.40. The van der Waals surface area contributed by atoms with Crippen molar-refractivity contribution in [3.8, 4) is 5.69 Å². The third-order valence-electron chi connectivity index (χ3n) is 6.48. The molecule has 1 fully saturated rings. The van der Waals surface area contributed by atoms with Crippen molar-refractivity contribution in [2.24, 2.45) is 0 Å². The van der Waals surface area contributed by atoms with E-state index in [1.165, 1.54) is 16.5 Å². The number of aromatic nitrogens is 4. The number of piperazine rings is 1. The quantitative estimate of drug-likeness (QED) is 0.428. The van der Waals surface area contributed by atoms with Gasteiger partial charge in [0.2, 0.25) is 11.4 Å². The van der Waals surface area contributed by atoms with Gasteiger partial charge in [0, 0.05) is 50.3 Å². The van der Waals surface area contributed by atoms with Crippen molar-refractivity contribution in [3.63, 3.8) is 0 Å². The summed E-state index contributed by atoms with van der Waals surface area (Å²) in [4.78, 5) is 32.6. The predicted octanol–water partition coefficient (Wildman–Crippen LogP) is 2.76. The number of carboxylic acids is 1. The highest BCUT2D eigenvalue weighted by molar-refractivity contribution is 5.93. The number of hydrogen-bond donors (Lipinski definition) is 1. The number of nitrogens with zero attached hydrogens (tertiary/aromatic N) is 6. The van der Waals surface area contributed by atoms with E-state index in [1.807, 2.05) is 18.2 Å². The van der Waals surface area contributed by atoms with E-state index in [1.54, 1.807) is 30.1 Å². The summed E-state index contributed by atoms with van der Waals surface area (Å²) in [5.41, 5.74) is 1.87. The van der Waals surface area contributed by atoms with Crippen LogP contribution in [0.4, 0.5) is 10.1 Å². The van der Waals surface area contributed by atoms with Gasteiger partial charge in [-0.2, -0.15) is 9.49 Å². The van der Waals surface area contributed by atoms with Gasteiger partial charge < -0.3 is 14.6 Å². The number of aromatic carboxylic acids is 1. The molecule has 0 radical (unpaired) electrons. The van der Waals surface area contributed by atoms with E-state index < -0.39 is 22.9 Å². The number of carbonyl (C=O) groups is 1. The number of halogens is 1. The Bertz CT molecular complexity index is 1420. The number of carboxylic acid groups (broad SMARTS) is 1. The number of anilines is 1. The van der Waals surface area contributed by atoms with Crippen molar-refractivity contribution in [3.05, 3.63) is 82.4 Å². The molecule has 180 valence electrons. The lowest BCUT2D eigenvalue weighted by molar-refractivity contribution is 0.0688. The Kier molecular flexibility index (Phi) is 6.04. The Morgan fingerprint density at radius 3 is 2.40 bits per heavy atom. The molecule has 0 aliphatic carbocycles. The molecule has 5 rings (SSSR count). The van der Waals surface area contributed by atoms with E-state index >= 15 is 0 Å². The van der Waals surface area contributed by atoms with E-state index in [4.69, 9.17) is 0 Å². The second kappa shape index (κ2) is 9.30. The van der Waals surface area contributed by atoms with Gasteiger partial charge in [-0.1, -0.05) is 12.1 Å². The Hall–Kier alpha value is -4.05. The molecule has 0 amide bonds. The summed E-state index contributed by atoms with van der Waals surface area (Å²) < 4.78 is 17.8. The third kappa shape index (κ3) is 4.28. The maximum Gasteiger partial charge on any atom is 0.344 e. The molecular weight excluding hydrogens is 451 g/mol. The zero-order chi connectivity index (χ0) is 24.5. The number of benzene rings is 2. The van der Waals surface area contributed by atoms with Gasteiger partial charge in [0.1, 0.15) is 12.7 Å². The van der Waals surface area contributed by atoms with Crippen molar-refractivity contribution < 1.29 is 14.3 Å². The minimum atomic E-state index is -1.55. The lowest BCUT2D eigenvalue weighted by atomic mass is 10.1. The highest BCUT2D eigenvalue weighted by Crippen LogP contribution is 2.24. The fourth-order valence-corrected chi connectivity index (χ4v) is 4.61. The van der Waals surface area contributed by atoms with Crippen LogP contribution >= 0.6 is 0 Å². The first-order valence-electron chi connectivity index (χ1n) is 11.5. The standard InChI is InChI=1S/C25H25FN6O3/c1-2-31-21-13-19(7-8-20(21)23(33)22(24(31)26)25(34)35)30-11-9-29(10-12-30)14-17-3-5-18(6-4-17)32-16-27-15-28-32/h3-8,13,15-16H,2,9-12,14H2,1H3,(H,34,35). The van der Waals surface area contributed by atoms with Gasteiger partial charge in [0.15, 0.2) is 5.56 Å². The molecule has 1 saturated heterocycles. The molecule has 0 bridgehead atoms. The predicted molar refractivity (Wildman–Crippen MR) is 130 cm³/mol. The Morgan fingerprint density at radius 1 is 1.06 bits per heavy atom. The Morgan fingerprint density at radius 2 is 1.77 bits per heavy atom. The molecule has 0 atom stereocenters. The van der Waals surface area contributed by atoms with Crippen LogP contribution < -0.4 is 10.3 Å². The van der Waals surface area contributed by atoms with Gasteiger partial charge in [0.25, 0.3) is 0 Å². The first-order chi connectivity index (χ1) is 17.0. The van der Waals surface area contributed by atoms with Crippen molar-refractivity contribution in [1.82, 2.24) is 24.2 Å². The average molecular weight is 477 g/mol. The van der Waals surface area contributed by atoms with Crippen LogP contribution in [0.15, 0.2) is 59.9 Å². The summed E-state index contributed by atoms with van der Waals surface area (Å²) in [5, 5.41) is 13.7. The first-order valence-corrected chi connectivity index (χ1v) is 11.5. The number of rotatable bonds is 6. The fourth-order valence-electron chi connectivity index (χ4n) is 4.61. The minimum Gasteiger partial charge on any atom is -0.477 e. The third-order valence-corrected chi connectivity index (χ3v) is 6.48. The second-order valence-corrected chi connectivity index (χ2v) is 8.52. The lowest BCUT2D eigenvalue weighted by Gasteiger charge is -2.36. The largest absolute Gasteiger partial charge is 0.477 e. The zero-order valence-electron chi connectivity index (χ0n) is 19.3. The summed E-state index contributed by atoms with van der Waals surface area (Å²) in [6, 6.07) is 13.4. The topological polar surface area (TPSA) is 96.5 Å². The molecule has 1 aliphatic rings. The highest BCUT2D eigenvalue weighted by atomic mass is 19.1. The van der Waals surface area contributed by atoms with Crippen LogP contribution in [0.2, 0.25) is 0 Å². The maximum absolute atomic E-state index is 14.8. The summed E-state index contributed by atoms with van der Waals surface area (Å²) in [7, 11) is 0. The molecule has 4 aromatic rings. The van der Waals surface area contributed by atoms with Crippen molar-refractivity contribution in [2.75, 3.05) is 31.1 Å². The molecule has 9 nitrogen and oxygen atoms in total. The van der Waals surface area contributed by atoms with Gasteiger partial charge in [-0.3, -0.25) is 9.69 Å². The number of pyridine rings is 1. The maximum atomic E-state index is 14.8. The fraction of sp³-hybridized carbons (Fsp3) is 0.280. The van der Waals surface area contributed by atoms with Crippen LogP contribution in [0.3, 0.4) is 0 Å². The molecule has 2 aromatic carbocycles. The van der Waals surface area contributed by atoms with Crippen LogP contribution in [0.1, 0.15) is 22.8 Å². The molecular formula is C25H25FN6O3. The molecule has 35 heavy (non-hydrogen) atoms. The molecule has 1 aliphatic heterocycles. The van der Waals surface area contributed by atoms with E-state index in [0.29, 0.717) is 5.52 Å². The van der Waals surface area contributed by atoms with Crippen LogP contribution in [0.5, 0.6) is 0 Å². The Labute approximate surface area is 200 Å². The van der Waals surface area contributed by atoms with E-state index in [0.717, 1.165) is 44.1 Å². The van der Waals surface area contributed by atoms with Crippen LogP contribution in [-0.4, -0.2) is 61.5 Å². The van der Waals surface area contributed by atoms with E-state index in [-0.39, 0.29) is 11.9 Å². The normalized spacial score (nSPS) is 14.5. The van der Waals surface area contributed by atoms with Gasteiger partial charge in [-0.15, -0.1) is 0 Å². The number of hydrogen-bond acceptors (Lipinski definition) is 6. The van der Waals surface area contributed by atoms with E-state index in [2.05, 4.69) is 32.0 Å². The van der Waals surface area contributed by atoms with Crippen molar-refractivity contribution >= 4 is 22.6 Å². The van der Waals surface area contributed by atoms with Crippen molar-refractivity contribution in [2.45, 2.75) is 20.0 Å². The molecule has 2 aromatic heterocycles. The van der Waals surface area contributed by atoms with Gasteiger partial charge in [0.05, 0.1) is 11.2 Å². The van der Waals surface area contributed by atoms with Crippen molar-refractivity contribution in [1.29, 1.82) is 0 Å². The van der Waals surface area contributed by atoms with Gasteiger partial charge in [-0.25, -0.2) is 14.5 Å². The zero-order valence-corrected chi connectivity index (χ0v) is 19.3. The van der Waals surface area contributed by atoms with E-state index in [9.17, 15) is 19.1 Å². The van der Waals surface area contributed by atoms with Crippen LogP contribution in [-0.2, 0) is 13.1 Å². The first kappa shape index (κ1) is 22.7. The summed E-state index contributed by atoms with van der Waals surface area (Å²) in [6.07, 6.45) is 3.17. The molecule has 10 heteroatoms. The summed E-state index contributed by atoms with van der Waals surface area (Å²) in [5.74, 6) is -2.56. The van der Waals surface area contributed by atoms with Gasteiger partial charge in [-0.05, 0) is 42.8 Å². The second-order valence-electron chi connectivity index (χ2n) is 8.52. The number of fused-ring (bicyclic) bond motifs is 1. The summed E-state index contributed by atoms with van der Waals surface area (Å²) >= 11 is 0. The molecule has 0 unspecified atom stereocenters. The van der Waals surface area contributed by atoms with Gasteiger partial charge >= 0.3 is 5.97 Å². The van der Waals surface area contributed by atoms with Crippen LogP contribution in [0.25, 0.3) is 16.6 Å². The number of aryl methyl sites for hydroxylation is 1. The summed E-state index contributed by atoms with van der Waals surface area (Å²) in [6.45, 7) is 6.06. The SMILES string of the molecule is CCn1c(F)c(C(=O)O)c(=O)c2ccc(N3CCN(Cc4ccc(-n5cncn5)cc4)CC3)cc21. The van der Waals surface area contributed by atoms with Crippen LogP contribution in [0, 0.1) is 5.95 Å². The monoisotopic (exact) mass is 476 g/mol. The molecule has 0 spiro atoms. The molecule has 3 heterocycles.